The highest BCUT2D eigenvalue weighted by Gasteiger charge is 2.33. The summed E-state index contributed by atoms with van der Waals surface area (Å²) in [7, 11) is 5.03. The van der Waals surface area contributed by atoms with E-state index in [4.69, 9.17) is 18.9 Å². The molecule has 0 saturated carbocycles. The fourth-order valence-corrected chi connectivity index (χ4v) is 5.09. The zero-order valence-electron chi connectivity index (χ0n) is 21.2. The Bertz CT molecular complexity index is 1120. The summed E-state index contributed by atoms with van der Waals surface area (Å²) in [5.74, 6) is 3.16. The van der Waals surface area contributed by atoms with Crippen molar-refractivity contribution in [2.45, 2.75) is 31.5 Å². The van der Waals surface area contributed by atoms with Gasteiger partial charge in [0, 0.05) is 50.1 Å². The Balaban J connectivity index is 1.43. The SMILES string of the molecule is COc1ccc(N2CCN([C@H](c3ccc(OC)cc3OC)c3nnnn3C[C@@H]3CCCO3)CC2)cc1. The zero-order valence-corrected chi connectivity index (χ0v) is 21.2. The molecular weight excluding hydrogens is 460 g/mol. The molecule has 2 atom stereocenters. The van der Waals surface area contributed by atoms with E-state index in [1.54, 1.807) is 21.3 Å². The number of benzene rings is 2. The normalized spacial score (nSPS) is 19.3. The monoisotopic (exact) mass is 494 g/mol. The van der Waals surface area contributed by atoms with E-state index >= 15 is 0 Å². The molecule has 2 fully saturated rings. The van der Waals surface area contributed by atoms with Crippen molar-refractivity contribution >= 4 is 5.69 Å². The van der Waals surface area contributed by atoms with Crippen molar-refractivity contribution in [3.8, 4) is 17.2 Å². The number of methoxy groups -OCH3 is 3. The number of ether oxygens (including phenoxy) is 4. The summed E-state index contributed by atoms with van der Waals surface area (Å²) in [6.45, 7) is 4.90. The van der Waals surface area contributed by atoms with Crippen molar-refractivity contribution in [3.63, 3.8) is 0 Å². The maximum absolute atomic E-state index is 5.88. The quantitative estimate of drug-likeness (QED) is 0.446. The van der Waals surface area contributed by atoms with Crippen LogP contribution < -0.4 is 19.1 Å². The topological polar surface area (TPSA) is 87.0 Å². The average molecular weight is 495 g/mol. The summed E-state index contributed by atoms with van der Waals surface area (Å²) in [6, 6.07) is 14.0. The van der Waals surface area contributed by atoms with Crippen LogP contribution in [0.4, 0.5) is 5.69 Å². The number of hydrogen-bond acceptors (Lipinski definition) is 9. The van der Waals surface area contributed by atoms with Crippen LogP contribution in [0.15, 0.2) is 42.5 Å². The average Bonchev–Trinajstić information content (AvgIpc) is 3.62. The summed E-state index contributed by atoms with van der Waals surface area (Å²) in [5.41, 5.74) is 2.21. The summed E-state index contributed by atoms with van der Waals surface area (Å²) < 4.78 is 24.4. The van der Waals surface area contributed by atoms with Crippen LogP contribution in [0.2, 0.25) is 0 Å². The van der Waals surface area contributed by atoms with E-state index < -0.39 is 0 Å². The van der Waals surface area contributed by atoms with Crippen LogP contribution in [-0.4, -0.2) is 85.3 Å². The van der Waals surface area contributed by atoms with Crippen molar-refractivity contribution in [3.05, 3.63) is 53.9 Å². The van der Waals surface area contributed by atoms with Crippen LogP contribution in [-0.2, 0) is 11.3 Å². The molecule has 0 aliphatic carbocycles. The molecule has 2 aliphatic heterocycles. The fraction of sp³-hybridized carbons (Fsp3) is 0.500. The van der Waals surface area contributed by atoms with Crippen LogP contribution in [0.1, 0.15) is 30.3 Å². The maximum atomic E-state index is 5.88. The van der Waals surface area contributed by atoms with Crippen molar-refractivity contribution < 1.29 is 18.9 Å². The van der Waals surface area contributed by atoms with E-state index in [1.807, 2.05) is 28.9 Å². The molecule has 2 aromatic carbocycles. The minimum Gasteiger partial charge on any atom is -0.497 e. The smallest absolute Gasteiger partial charge is 0.173 e. The first-order valence-corrected chi connectivity index (χ1v) is 12.4. The third-order valence-electron chi connectivity index (χ3n) is 7.06. The molecule has 0 radical (unpaired) electrons. The van der Waals surface area contributed by atoms with Gasteiger partial charge in [-0.15, -0.1) is 5.10 Å². The van der Waals surface area contributed by atoms with E-state index in [1.165, 1.54) is 5.69 Å². The molecule has 2 saturated heterocycles. The number of tetrazole rings is 1. The van der Waals surface area contributed by atoms with Crippen molar-refractivity contribution in [2.24, 2.45) is 0 Å². The lowest BCUT2D eigenvalue weighted by atomic mass is 10.0. The Kier molecular flexibility index (Phi) is 7.52. The molecule has 0 unspecified atom stereocenters. The highest BCUT2D eigenvalue weighted by Crippen LogP contribution is 2.37. The fourth-order valence-electron chi connectivity index (χ4n) is 5.09. The van der Waals surface area contributed by atoms with Crippen LogP contribution >= 0.6 is 0 Å². The lowest BCUT2D eigenvalue weighted by molar-refractivity contribution is 0.0906. The molecule has 0 spiro atoms. The van der Waals surface area contributed by atoms with Crippen LogP contribution in [0.5, 0.6) is 17.2 Å². The van der Waals surface area contributed by atoms with Crippen molar-refractivity contribution in [1.29, 1.82) is 0 Å². The first kappa shape index (κ1) is 24.3. The van der Waals surface area contributed by atoms with Gasteiger partial charge in [-0.25, -0.2) is 4.68 Å². The molecule has 10 heteroatoms. The van der Waals surface area contributed by atoms with Crippen molar-refractivity contribution in [2.75, 3.05) is 59.0 Å². The van der Waals surface area contributed by atoms with Gasteiger partial charge in [0.05, 0.1) is 34.0 Å². The van der Waals surface area contributed by atoms with Crippen molar-refractivity contribution in [1.82, 2.24) is 25.1 Å². The third kappa shape index (κ3) is 5.10. The maximum Gasteiger partial charge on any atom is 0.173 e. The van der Waals surface area contributed by atoms with E-state index in [-0.39, 0.29) is 12.1 Å². The molecule has 3 heterocycles. The second-order valence-electron chi connectivity index (χ2n) is 9.09. The van der Waals surface area contributed by atoms with Gasteiger partial charge in [0.2, 0.25) is 0 Å². The molecule has 36 heavy (non-hydrogen) atoms. The molecule has 0 N–H and O–H groups in total. The first-order valence-electron chi connectivity index (χ1n) is 12.4. The number of hydrogen-bond donors (Lipinski definition) is 0. The Labute approximate surface area is 211 Å². The van der Waals surface area contributed by atoms with Crippen LogP contribution in [0.25, 0.3) is 0 Å². The van der Waals surface area contributed by atoms with Gasteiger partial charge in [-0.1, -0.05) is 0 Å². The van der Waals surface area contributed by atoms with Gasteiger partial charge in [0.25, 0.3) is 0 Å². The largest absolute Gasteiger partial charge is 0.497 e. The minimum atomic E-state index is -0.166. The van der Waals surface area contributed by atoms with Gasteiger partial charge in [-0.2, -0.15) is 0 Å². The van der Waals surface area contributed by atoms with Crippen LogP contribution in [0.3, 0.4) is 0 Å². The Morgan fingerprint density at radius 3 is 2.36 bits per heavy atom. The van der Waals surface area contributed by atoms with E-state index in [2.05, 4.69) is 43.5 Å². The number of piperazine rings is 1. The first-order chi connectivity index (χ1) is 17.7. The molecular formula is C26H34N6O4. The molecule has 2 aliphatic rings. The molecule has 5 rings (SSSR count). The second-order valence-corrected chi connectivity index (χ2v) is 9.09. The van der Waals surface area contributed by atoms with E-state index in [0.29, 0.717) is 6.54 Å². The summed E-state index contributed by atoms with van der Waals surface area (Å²) in [5, 5.41) is 12.9. The lowest BCUT2D eigenvalue weighted by Crippen LogP contribution is -2.48. The predicted molar refractivity (Wildman–Crippen MR) is 135 cm³/mol. The summed E-state index contributed by atoms with van der Waals surface area (Å²) >= 11 is 0. The van der Waals surface area contributed by atoms with Gasteiger partial charge in [-0.05, 0) is 59.7 Å². The number of aromatic nitrogens is 4. The molecule has 0 bridgehead atoms. The number of rotatable bonds is 9. The highest BCUT2D eigenvalue weighted by molar-refractivity contribution is 5.50. The van der Waals surface area contributed by atoms with E-state index in [0.717, 1.165) is 74.3 Å². The van der Waals surface area contributed by atoms with Gasteiger partial charge in [-0.3, -0.25) is 4.90 Å². The lowest BCUT2D eigenvalue weighted by Gasteiger charge is -2.40. The standard InChI is InChI=1S/C26H34N6O4/c1-33-20-8-6-19(7-9-20)30-12-14-31(15-13-30)25(23-11-10-21(34-2)17-24(23)35-3)26-27-28-29-32(26)18-22-5-4-16-36-22/h6-11,17,22,25H,4-5,12-16,18H2,1-3H3/t22-,25+/m0/s1. The van der Waals surface area contributed by atoms with Crippen LogP contribution in [0, 0.1) is 0 Å². The minimum absolute atomic E-state index is 0.137. The molecule has 3 aromatic rings. The number of nitrogens with zero attached hydrogens (tertiary/aromatic N) is 6. The Morgan fingerprint density at radius 1 is 0.944 bits per heavy atom. The summed E-state index contributed by atoms with van der Waals surface area (Å²) in [6.07, 6.45) is 2.24. The molecule has 10 nitrogen and oxygen atoms in total. The van der Waals surface area contributed by atoms with E-state index in [9.17, 15) is 0 Å². The summed E-state index contributed by atoms with van der Waals surface area (Å²) in [4.78, 5) is 4.83. The van der Waals surface area contributed by atoms with Gasteiger partial charge >= 0.3 is 0 Å². The van der Waals surface area contributed by atoms with Gasteiger partial charge < -0.3 is 23.8 Å². The Hall–Kier alpha value is -3.37. The molecule has 0 amide bonds. The van der Waals surface area contributed by atoms with Gasteiger partial charge in [0.15, 0.2) is 5.82 Å². The third-order valence-corrected chi connectivity index (χ3v) is 7.06. The molecule has 1 aromatic heterocycles. The van der Waals surface area contributed by atoms with Gasteiger partial charge in [0.1, 0.15) is 23.3 Å². The number of anilines is 1. The highest BCUT2D eigenvalue weighted by atomic mass is 16.5. The predicted octanol–water partition coefficient (Wildman–Crippen LogP) is 2.79. The second kappa shape index (κ2) is 11.1. The molecule has 192 valence electrons. The Morgan fingerprint density at radius 2 is 1.69 bits per heavy atom. The zero-order chi connectivity index (χ0) is 24.9.